The molecule has 0 saturated heterocycles. The van der Waals surface area contributed by atoms with Crippen LogP contribution in [0.15, 0.2) is 80.4 Å². The lowest BCUT2D eigenvalue weighted by Crippen LogP contribution is -2.01. The summed E-state index contributed by atoms with van der Waals surface area (Å²) in [6, 6.07) is 17.9. The van der Waals surface area contributed by atoms with Gasteiger partial charge in [0.15, 0.2) is 23.0 Å². The van der Waals surface area contributed by atoms with Crippen LogP contribution in [0.1, 0.15) is 72.9 Å². The molecule has 0 fully saturated rings. The van der Waals surface area contributed by atoms with Gasteiger partial charge in [0.1, 0.15) is 11.5 Å². The minimum absolute atomic E-state index is 0.0769. The summed E-state index contributed by atoms with van der Waals surface area (Å²) in [5.41, 5.74) is 3.75. The summed E-state index contributed by atoms with van der Waals surface area (Å²) in [5, 5.41) is 71.5. The molecule has 6 aromatic carbocycles. The van der Waals surface area contributed by atoms with Gasteiger partial charge < -0.3 is 30.6 Å². The van der Waals surface area contributed by atoms with Crippen molar-refractivity contribution in [2.75, 3.05) is 0 Å². The standard InChI is InChI=1S/C42H40N2O6S2/c1-19(2)31-23-15-21(5)33(39(47)35(23)25(37(45)41(31)49)17-43-27-11-7-9-13-29(27)51)34-22(6)16-24-32(20(3)4)42(50)38(46)26(36(24)40(34)48)18-44-28-12-8-10-14-30(28)52/h7-20,45-52H,1-6H3. The Hall–Kier alpha value is -5.32. The Bertz CT molecular complexity index is 2310. The van der Waals surface area contributed by atoms with Crippen molar-refractivity contribution in [2.24, 2.45) is 9.98 Å². The molecule has 0 bridgehead atoms. The summed E-state index contributed by atoms with van der Waals surface area (Å²) < 4.78 is 0. The van der Waals surface area contributed by atoms with Crippen molar-refractivity contribution < 1.29 is 30.6 Å². The highest BCUT2D eigenvalue weighted by Crippen LogP contribution is 2.54. The fourth-order valence-electron chi connectivity index (χ4n) is 7.04. The summed E-state index contributed by atoms with van der Waals surface area (Å²) in [5.74, 6) is -2.53. The fourth-order valence-corrected chi connectivity index (χ4v) is 7.48. The summed E-state index contributed by atoms with van der Waals surface area (Å²) in [4.78, 5) is 10.3. The van der Waals surface area contributed by atoms with Crippen molar-refractivity contribution in [3.63, 3.8) is 0 Å². The van der Waals surface area contributed by atoms with E-state index >= 15 is 0 Å². The number of nitrogens with zero attached hydrogens (tertiary/aromatic N) is 2. The first-order valence-electron chi connectivity index (χ1n) is 16.8. The minimum atomic E-state index is -0.453. The number of aryl methyl sites for hydroxylation is 2. The van der Waals surface area contributed by atoms with E-state index in [4.69, 9.17) is 0 Å². The molecule has 0 aliphatic heterocycles. The van der Waals surface area contributed by atoms with Gasteiger partial charge in [-0.1, -0.05) is 64.1 Å². The van der Waals surface area contributed by atoms with Gasteiger partial charge in [-0.2, -0.15) is 0 Å². The molecule has 0 aliphatic carbocycles. The largest absolute Gasteiger partial charge is 0.507 e. The first-order chi connectivity index (χ1) is 24.6. The van der Waals surface area contributed by atoms with Crippen molar-refractivity contribution >= 4 is 70.6 Å². The highest BCUT2D eigenvalue weighted by molar-refractivity contribution is 7.80. The Kier molecular flexibility index (Phi) is 9.83. The summed E-state index contributed by atoms with van der Waals surface area (Å²) in [7, 11) is 0. The average Bonchev–Trinajstić information content (AvgIpc) is 3.08. The van der Waals surface area contributed by atoms with Crippen LogP contribution in [0, 0.1) is 13.8 Å². The molecule has 6 rings (SSSR count). The lowest BCUT2D eigenvalue weighted by molar-refractivity contribution is 0.398. The Balaban J connectivity index is 1.73. The first kappa shape index (κ1) is 36.5. The highest BCUT2D eigenvalue weighted by atomic mass is 32.1. The third kappa shape index (κ3) is 6.05. The second kappa shape index (κ2) is 14.0. The van der Waals surface area contributed by atoms with Crippen LogP contribution >= 0.6 is 25.3 Å². The maximum absolute atomic E-state index is 12.3. The van der Waals surface area contributed by atoms with Gasteiger partial charge in [-0.05, 0) is 71.8 Å². The molecule has 0 aliphatic rings. The second-order valence-electron chi connectivity index (χ2n) is 13.5. The first-order valence-corrected chi connectivity index (χ1v) is 17.7. The van der Waals surface area contributed by atoms with Crippen molar-refractivity contribution in [1.29, 1.82) is 0 Å². The van der Waals surface area contributed by atoms with E-state index in [0.717, 1.165) is 0 Å². The molecule has 0 amide bonds. The third-order valence-electron chi connectivity index (χ3n) is 9.42. The topological polar surface area (TPSA) is 146 Å². The summed E-state index contributed by atoms with van der Waals surface area (Å²) in [6.07, 6.45) is 2.76. The number of phenolic OH excluding ortho intramolecular Hbond substituents is 6. The molecule has 0 saturated carbocycles. The Morgan fingerprint density at radius 3 is 1.19 bits per heavy atom. The van der Waals surface area contributed by atoms with Gasteiger partial charge in [0.2, 0.25) is 0 Å². The average molecular weight is 733 g/mol. The monoisotopic (exact) mass is 732 g/mol. The molecule has 0 spiro atoms. The van der Waals surface area contributed by atoms with Gasteiger partial charge in [0.05, 0.1) is 22.5 Å². The van der Waals surface area contributed by atoms with E-state index in [-0.39, 0.29) is 67.9 Å². The number of thiol groups is 2. The number of phenols is 6. The number of aliphatic imine (C=N–C) groups is 2. The molecular formula is C42H40N2O6S2. The van der Waals surface area contributed by atoms with Gasteiger partial charge in [0, 0.05) is 55.2 Å². The van der Waals surface area contributed by atoms with Crippen LogP contribution in [0.4, 0.5) is 11.4 Å². The van der Waals surface area contributed by atoms with Crippen molar-refractivity contribution in [3.05, 3.63) is 94.0 Å². The lowest BCUT2D eigenvalue weighted by atomic mass is 9.83. The van der Waals surface area contributed by atoms with E-state index < -0.39 is 11.5 Å². The molecule has 6 aromatic rings. The second-order valence-corrected chi connectivity index (χ2v) is 14.5. The number of fused-ring (bicyclic) bond motifs is 2. The molecule has 0 heterocycles. The van der Waals surface area contributed by atoms with Crippen LogP contribution in [0.3, 0.4) is 0 Å². The van der Waals surface area contributed by atoms with Crippen LogP contribution in [0.2, 0.25) is 0 Å². The van der Waals surface area contributed by atoms with Crippen molar-refractivity contribution in [3.8, 4) is 45.6 Å². The quantitative estimate of drug-likeness (QED) is 0.0466. The van der Waals surface area contributed by atoms with Crippen molar-refractivity contribution in [2.45, 2.75) is 63.2 Å². The van der Waals surface area contributed by atoms with Gasteiger partial charge in [-0.3, -0.25) is 9.98 Å². The highest BCUT2D eigenvalue weighted by Gasteiger charge is 2.29. The summed E-state index contributed by atoms with van der Waals surface area (Å²) in [6.45, 7) is 11.1. The number of benzene rings is 6. The molecule has 0 aromatic heterocycles. The van der Waals surface area contributed by atoms with E-state index in [1.165, 1.54) is 12.4 Å². The molecular weight excluding hydrogens is 693 g/mol. The molecule has 0 radical (unpaired) electrons. The van der Waals surface area contributed by atoms with E-state index in [9.17, 15) is 30.6 Å². The molecule has 0 atom stereocenters. The van der Waals surface area contributed by atoms with Gasteiger partial charge in [0.25, 0.3) is 0 Å². The maximum atomic E-state index is 12.3. The SMILES string of the molecule is Cc1cc2c(C(C)C)c(O)c(O)c(C=Nc3ccccc3S)c2c(O)c1-c1c(C)cc2c(C(C)C)c(O)c(O)c(C=Nc3ccccc3S)c2c1O. The molecule has 0 unspecified atom stereocenters. The third-order valence-corrected chi connectivity index (χ3v) is 10.2. The number of hydrogen-bond donors (Lipinski definition) is 8. The number of aromatic hydroxyl groups is 6. The van der Waals surface area contributed by atoms with Gasteiger partial charge in [-0.25, -0.2) is 0 Å². The number of rotatable bonds is 7. The number of hydrogen-bond acceptors (Lipinski definition) is 10. The van der Waals surface area contributed by atoms with E-state index in [0.29, 0.717) is 54.2 Å². The smallest absolute Gasteiger partial charge is 0.167 e. The van der Waals surface area contributed by atoms with Crippen LogP contribution < -0.4 is 0 Å². The zero-order valence-corrected chi connectivity index (χ0v) is 31.3. The fraction of sp³-hybridized carbons (Fsp3) is 0.190. The molecule has 8 nitrogen and oxygen atoms in total. The Labute approximate surface area is 312 Å². The van der Waals surface area contributed by atoms with Gasteiger partial charge in [-0.15, -0.1) is 25.3 Å². The summed E-state index contributed by atoms with van der Waals surface area (Å²) >= 11 is 8.98. The van der Waals surface area contributed by atoms with Crippen LogP contribution in [0.25, 0.3) is 32.7 Å². The molecule has 266 valence electrons. The Morgan fingerprint density at radius 2 is 0.865 bits per heavy atom. The molecule has 52 heavy (non-hydrogen) atoms. The lowest BCUT2D eigenvalue weighted by Gasteiger charge is -2.23. The van der Waals surface area contributed by atoms with Crippen LogP contribution in [-0.4, -0.2) is 43.1 Å². The predicted octanol–water partition coefficient (Wildman–Crippen LogP) is 10.8. The van der Waals surface area contributed by atoms with Crippen LogP contribution in [-0.2, 0) is 0 Å². The molecule has 6 N–H and O–H groups in total. The maximum Gasteiger partial charge on any atom is 0.167 e. The van der Waals surface area contributed by atoms with E-state index in [2.05, 4.69) is 35.2 Å². The Morgan fingerprint density at radius 1 is 0.519 bits per heavy atom. The zero-order valence-electron chi connectivity index (χ0n) is 29.6. The normalized spacial score (nSPS) is 12.1. The van der Waals surface area contributed by atoms with Crippen LogP contribution in [0.5, 0.6) is 34.5 Å². The predicted molar refractivity (Wildman–Crippen MR) is 216 cm³/mol. The van der Waals surface area contributed by atoms with E-state index in [1.54, 1.807) is 50.2 Å². The van der Waals surface area contributed by atoms with Crippen molar-refractivity contribution in [1.82, 2.24) is 0 Å². The van der Waals surface area contributed by atoms with Gasteiger partial charge >= 0.3 is 0 Å². The number of para-hydroxylation sites is 2. The minimum Gasteiger partial charge on any atom is -0.507 e. The molecule has 10 heteroatoms. The zero-order chi connectivity index (χ0) is 37.8. The van der Waals surface area contributed by atoms with E-state index in [1.807, 2.05) is 52.0 Å².